The summed E-state index contributed by atoms with van der Waals surface area (Å²) in [6.45, 7) is 5.67. The molecule has 0 radical (unpaired) electrons. The van der Waals surface area contributed by atoms with Gasteiger partial charge in [0.2, 0.25) is 0 Å². The highest BCUT2D eigenvalue weighted by atomic mass is 79.9. The van der Waals surface area contributed by atoms with Gasteiger partial charge in [-0.2, -0.15) is 0 Å². The molecular formula is C15H17BrClNOS. The number of ether oxygens (including phenoxy) is 1. The molecule has 1 aromatic heterocycles. The fourth-order valence-corrected chi connectivity index (χ4v) is 3.87. The molecule has 1 N–H and O–H groups in total. The van der Waals surface area contributed by atoms with Crippen molar-refractivity contribution < 1.29 is 4.74 Å². The average Bonchev–Trinajstić information content (AvgIpc) is 2.77. The Morgan fingerprint density at radius 2 is 2.00 bits per heavy atom. The quantitative estimate of drug-likeness (QED) is 0.744. The molecule has 0 spiro atoms. The van der Waals surface area contributed by atoms with E-state index in [1.54, 1.807) is 11.3 Å². The van der Waals surface area contributed by atoms with E-state index < -0.39 is 0 Å². The van der Waals surface area contributed by atoms with Crippen molar-refractivity contribution in [3.8, 4) is 5.75 Å². The molecule has 1 aromatic carbocycles. The van der Waals surface area contributed by atoms with Crippen LogP contribution in [0, 0.1) is 0 Å². The van der Waals surface area contributed by atoms with Gasteiger partial charge in [0.25, 0.3) is 0 Å². The number of hydrogen-bond acceptors (Lipinski definition) is 3. The number of rotatable bonds is 6. The van der Waals surface area contributed by atoms with Gasteiger partial charge in [0.15, 0.2) is 0 Å². The molecule has 0 amide bonds. The topological polar surface area (TPSA) is 21.3 Å². The molecule has 20 heavy (non-hydrogen) atoms. The van der Waals surface area contributed by atoms with E-state index in [9.17, 15) is 0 Å². The first-order chi connectivity index (χ1) is 9.65. The van der Waals surface area contributed by atoms with E-state index >= 15 is 0 Å². The Bertz CT molecular complexity index is 536. The van der Waals surface area contributed by atoms with Gasteiger partial charge in [-0.1, -0.05) is 30.7 Å². The maximum atomic E-state index is 6.14. The zero-order chi connectivity index (χ0) is 14.5. The lowest BCUT2D eigenvalue weighted by molar-refractivity contribution is 0.340. The average molecular weight is 375 g/mol. The second-order valence-electron chi connectivity index (χ2n) is 4.26. The summed E-state index contributed by atoms with van der Waals surface area (Å²) in [6.07, 6.45) is 0. The van der Waals surface area contributed by atoms with Crippen LogP contribution in [-0.4, -0.2) is 13.2 Å². The molecule has 1 heterocycles. The SMILES string of the molecule is CCNC(c1ccc(OCC)cc1)c1cc(Cl)c(Br)s1. The Labute approximate surface area is 137 Å². The van der Waals surface area contributed by atoms with Crippen LogP contribution in [0.4, 0.5) is 0 Å². The van der Waals surface area contributed by atoms with E-state index in [4.69, 9.17) is 16.3 Å². The minimum Gasteiger partial charge on any atom is -0.494 e. The number of nitrogens with one attached hydrogen (secondary N) is 1. The molecular weight excluding hydrogens is 358 g/mol. The summed E-state index contributed by atoms with van der Waals surface area (Å²) in [5, 5.41) is 4.26. The van der Waals surface area contributed by atoms with Crippen molar-refractivity contribution in [2.24, 2.45) is 0 Å². The molecule has 0 saturated carbocycles. The maximum Gasteiger partial charge on any atom is 0.119 e. The molecule has 2 nitrogen and oxygen atoms in total. The molecule has 0 aliphatic carbocycles. The standard InChI is InChI=1S/C15H17BrClNOS/c1-3-18-14(13-9-12(17)15(16)20-13)10-5-7-11(8-6-10)19-4-2/h5-9,14,18H,3-4H2,1-2H3. The fourth-order valence-electron chi connectivity index (χ4n) is 2.02. The van der Waals surface area contributed by atoms with Crippen LogP contribution in [0.25, 0.3) is 0 Å². The maximum absolute atomic E-state index is 6.14. The van der Waals surface area contributed by atoms with Gasteiger partial charge in [0.05, 0.1) is 21.5 Å². The van der Waals surface area contributed by atoms with Crippen molar-refractivity contribution in [1.82, 2.24) is 5.32 Å². The minimum absolute atomic E-state index is 0.157. The second kappa shape index (κ2) is 7.46. The number of halogens is 2. The van der Waals surface area contributed by atoms with E-state index in [2.05, 4.69) is 40.3 Å². The van der Waals surface area contributed by atoms with Crippen LogP contribution in [0.3, 0.4) is 0 Å². The van der Waals surface area contributed by atoms with Crippen LogP contribution >= 0.6 is 38.9 Å². The van der Waals surface area contributed by atoms with Crippen molar-refractivity contribution in [1.29, 1.82) is 0 Å². The van der Waals surface area contributed by atoms with Crippen molar-refractivity contribution in [3.63, 3.8) is 0 Å². The Kier molecular flexibility index (Phi) is 5.90. The van der Waals surface area contributed by atoms with Gasteiger partial charge in [-0.15, -0.1) is 11.3 Å². The predicted molar refractivity (Wildman–Crippen MR) is 90.2 cm³/mol. The predicted octanol–water partition coefficient (Wildman–Crippen LogP) is 5.26. The Balaban J connectivity index is 2.27. The van der Waals surface area contributed by atoms with Gasteiger partial charge in [-0.05, 0) is 53.2 Å². The van der Waals surface area contributed by atoms with Crippen molar-refractivity contribution >= 4 is 38.9 Å². The smallest absolute Gasteiger partial charge is 0.119 e. The molecule has 0 aliphatic rings. The van der Waals surface area contributed by atoms with Crippen molar-refractivity contribution in [3.05, 3.63) is 49.6 Å². The van der Waals surface area contributed by atoms with Crippen LogP contribution in [0.2, 0.25) is 5.02 Å². The summed E-state index contributed by atoms with van der Waals surface area (Å²) >= 11 is 11.3. The summed E-state index contributed by atoms with van der Waals surface area (Å²) in [7, 11) is 0. The lowest BCUT2D eigenvalue weighted by Gasteiger charge is -2.17. The van der Waals surface area contributed by atoms with E-state index in [1.165, 1.54) is 10.4 Å². The number of thiophene rings is 1. The monoisotopic (exact) mass is 373 g/mol. The summed E-state index contributed by atoms with van der Waals surface area (Å²) in [6, 6.07) is 10.4. The first-order valence-corrected chi connectivity index (χ1v) is 8.55. The third-order valence-electron chi connectivity index (χ3n) is 2.88. The molecule has 0 aliphatic heterocycles. The summed E-state index contributed by atoms with van der Waals surface area (Å²) < 4.78 is 6.46. The van der Waals surface area contributed by atoms with E-state index in [1.807, 2.05) is 25.1 Å². The first-order valence-electron chi connectivity index (χ1n) is 6.56. The number of hydrogen-bond donors (Lipinski definition) is 1. The highest BCUT2D eigenvalue weighted by molar-refractivity contribution is 9.11. The van der Waals surface area contributed by atoms with Gasteiger partial charge in [0, 0.05) is 4.88 Å². The molecule has 108 valence electrons. The molecule has 2 rings (SSSR count). The molecule has 5 heteroatoms. The summed E-state index contributed by atoms with van der Waals surface area (Å²) in [5.41, 5.74) is 1.21. The van der Waals surface area contributed by atoms with Gasteiger partial charge in [-0.3, -0.25) is 0 Å². The zero-order valence-electron chi connectivity index (χ0n) is 11.5. The Morgan fingerprint density at radius 3 is 2.50 bits per heavy atom. The molecule has 1 atom stereocenters. The lowest BCUT2D eigenvalue weighted by atomic mass is 10.1. The van der Waals surface area contributed by atoms with Crippen LogP contribution in [0.5, 0.6) is 5.75 Å². The highest BCUT2D eigenvalue weighted by Crippen LogP contribution is 2.37. The third-order valence-corrected chi connectivity index (χ3v) is 5.42. The van der Waals surface area contributed by atoms with Crippen LogP contribution < -0.4 is 10.1 Å². The molecule has 0 saturated heterocycles. The third kappa shape index (κ3) is 3.76. The van der Waals surface area contributed by atoms with Gasteiger partial charge in [0.1, 0.15) is 5.75 Å². The molecule has 2 aromatic rings. The summed E-state index contributed by atoms with van der Waals surface area (Å²) in [5.74, 6) is 0.900. The highest BCUT2D eigenvalue weighted by Gasteiger charge is 2.17. The van der Waals surface area contributed by atoms with Crippen molar-refractivity contribution in [2.75, 3.05) is 13.2 Å². The summed E-state index contributed by atoms with van der Waals surface area (Å²) in [4.78, 5) is 1.20. The second-order valence-corrected chi connectivity index (χ2v) is 7.07. The largest absolute Gasteiger partial charge is 0.494 e. The Hall–Kier alpha value is -0.550. The first kappa shape index (κ1) is 15.8. The Morgan fingerprint density at radius 1 is 1.30 bits per heavy atom. The van der Waals surface area contributed by atoms with E-state index in [0.717, 1.165) is 21.1 Å². The molecule has 0 fully saturated rings. The molecule has 0 bridgehead atoms. The van der Waals surface area contributed by atoms with E-state index in [0.29, 0.717) is 6.61 Å². The van der Waals surface area contributed by atoms with Crippen LogP contribution in [0.1, 0.15) is 30.3 Å². The fraction of sp³-hybridized carbons (Fsp3) is 0.333. The van der Waals surface area contributed by atoms with Gasteiger partial charge >= 0.3 is 0 Å². The molecule has 1 unspecified atom stereocenters. The minimum atomic E-state index is 0.157. The zero-order valence-corrected chi connectivity index (χ0v) is 14.6. The van der Waals surface area contributed by atoms with Crippen molar-refractivity contribution in [2.45, 2.75) is 19.9 Å². The van der Waals surface area contributed by atoms with Crippen LogP contribution in [-0.2, 0) is 0 Å². The lowest BCUT2D eigenvalue weighted by Crippen LogP contribution is -2.20. The number of benzene rings is 1. The van der Waals surface area contributed by atoms with Crippen LogP contribution in [0.15, 0.2) is 34.1 Å². The van der Waals surface area contributed by atoms with Gasteiger partial charge < -0.3 is 10.1 Å². The van der Waals surface area contributed by atoms with E-state index in [-0.39, 0.29) is 6.04 Å². The van der Waals surface area contributed by atoms with Gasteiger partial charge in [-0.25, -0.2) is 0 Å². The normalized spacial score (nSPS) is 12.4.